The van der Waals surface area contributed by atoms with Gasteiger partial charge >= 0.3 is 0 Å². The Bertz CT molecular complexity index is 1070. The van der Waals surface area contributed by atoms with Gasteiger partial charge in [0.1, 0.15) is 0 Å². The molecular weight excluding hydrogens is 480 g/mol. The molecule has 1 saturated carbocycles. The highest BCUT2D eigenvalue weighted by Crippen LogP contribution is 2.31. The number of nitro groups is 2. The molecule has 0 radical (unpaired) electrons. The SMILES string of the molecule is N=C(NCc1ccc([N+](=O)[O-])cc1)N(Cc1ccc([N+](=O)[O-])cc1)CC1CCC(N2CC(S)C2)CC1. The summed E-state index contributed by atoms with van der Waals surface area (Å²) in [4.78, 5) is 25.6. The lowest BCUT2D eigenvalue weighted by molar-refractivity contribution is -0.385. The third kappa shape index (κ3) is 6.73. The molecule has 2 aliphatic rings. The van der Waals surface area contributed by atoms with Crippen LogP contribution in [0.25, 0.3) is 0 Å². The van der Waals surface area contributed by atoms with Crippen molar-refractivity contribution in [1.82, 2.24) is 15.1 Å². The largest absolute Gasteiger partial charge is 0.352 e. The number of non-ortho nitro benzene ring substituents is 2. The van der Waals surface area contributed by atoms with Crippen LogP contribution in [0.2, 0.25) is 0 Å². The van der Waals surface area contributed by atoms with Gasteiger partial charge in [-0.15, -0.1) is 0 Å². The molecule has 2 N–H and O–H groups in total. The molecule has 2 fully saturated rings. The maximum atomic E-state index is 11.0. The van der Waals surface area contributed by atoms with Crippen LogP contribution in [-0.2, 0) is 13.1 Å². The lowest BCUT2D eigenvalue weighted by Crippen LogP contribution is -2.54. The van der Waals surface area contributed by atoms with E-state index in [0.29, 0.717) is 30.3 Å². The highest BCUT2D eigenvalue weighted by molar-refractivity contribution is 7.81. The van der Waals surface area contributed by atoms with Crippen LogP contribution in [-0.4, -0.2) is 56.5 Å². The van der Waals surface area contributed by atoms with Crippen molar-refractivity contribution in [1.29, 1.82) is 5.41 Å². The van der Waals surface area contributed by atoms with Gasteiger partial charge in [-0.3, -0.25) is 30.5 Å². The highest BCUT2D eigenvalue weighted by atomic mass is 32.1. The van der Waals surface area contributed by atoms with E-state index in [4.69, 9.17) is 5.41 Å². The topological polar surface area (TPSA) is 129 Å². The van der Waals surface area contributed by atoms with E-state index in [2.05, 4.69) is 22.8 Å². The zero-order valence-electron chi connectivity index (χ0n) is 20.1. The minimum Gasteiger partial charge on any atom is -0.352 e. The second kappa shape index (κ2) is 11.7. The molecule has 0 amide bonds. The van der Waals surface area contributed by atoms with Crippen LogP contribution in [0.1, 0.15) is 36.8 Å². The summed E-state index contributed by atoms with van der Waals surface area (Å²) in [6, 6.07) is 13.4. The first-order valence-electron chi connectivity index (χ1n) is 12.2. The number of rotatable bonds is 9. The van der Waals surface area contributed by atoms with Crippen LogP contribution in [0.5, 0.6) is 0 Å². The molecule has 11 heteroatoms. The molecule has 192 valence electrons. The lowest BCUT2D eigenvalue weighted by Gasteiger charge is -2.45. The van der Waals surface area contributed by atoms with Crippen LogP contribution in [0, 0.1) is 31.6 Å². The lowest BCUT2D eigenvalue weighted by atomic mass is 9.84. The fourth-order valence-corrected chi connectivity index (χ4v) is 5.42. The quantitative estimate of drug-likeness (QED) is 0.151. The van der Waals surface area contributed by atoms with Crippen molar-refractivity contribution in [2.75, 3.05) is 19.6 Å². The summed E-state index contributed by atoms with van der Waals surface area (Å²) in [7, 11) is 0. The van der Waals surface area contributed by atoms with Crippen molar-refractivity contribution in [3.8, 4) is 0 Å². The fourth-order valence-electron chi connectivity index (χ4n) is 5.00. The van der Waals surface area contributed by atoms with Crippen LogP contribution in [0.15, 0.2) is 48.5 Å². The van der Waals surface area contributed by atoms with E-state index in [-0.39, 0.29) is 17.3 Å². The summed E-state index contributed by atoms with van der Waals surface area (Å²) in [5.74, 6) is 0.739. The molecule has 0 aromatic heterocycles. The van der Waals surface area contributed by atoms with E-state index in [0.717, 1.165) is 56.4 Å². The minimum atomic E-state index is -0.432. The molecular formula is C25H32N6O4S. The predicted molar refractivity (Wildman–Crippen MR) is 141 cm³/mol. The molecule has 1 aliphatic heterocycles. The van der Waals surface area contributed by atoms with Gasteiger partial charge in [0.2, 0.25) is 0 Å². The summed E-state index contributed by atoms with van der Waals surface area (Å²) in [5.41, 5.74) is 1.83. The Morgan fingerprint density at radius 3 is 1.97 bits per heavy atom. The van der Waals surface area contributed by atoms with Gasteiger partial charge in [0.05, 0.1) is 9.85 Å². The second-order valence-electron chi connectivity index (χ2n) is 9.71. The summed E-state index contributed by atoms with van der Waals surface area (Å²) in [6.45, 7) is 3.71. The fraction of sp³-hybridized carbons (Fsp3) is 0.480. The van der Waals surface area contributed by atoms with Crippen molar-refractivity contribution in [2.24, 2.45) is 5.92 Å². The van der Waals surface area contributed by atoms with Gasteiger partial charge in [-0.05, 0) is 42.7 Å². The standard InChI is InChI=1S/C25H32N6O4S/c26-25(27-13-18-1-9-22(10-2-18)30(32)33)29(15-20-5-11-23(12-6-20)31(34)35)14-19-3-7-21(8-4-19)28-16-24(36)17-28/h1-2,5-6,9-12,19,21,24,36H,3-4,7-8,13-17H2,(H2,26,27). The monoisotopic (exact) mass is 512 g/mol. The number of hydrogen-bond acceptors (Lipinski definition) is 7. The normalized spacial score (nSPS) is 20.4. The van der Waals surface area contributed by atoms with Crippen LogP contribution in [0.3, 0.4) is 0 Å². The third-order valence-corrected chi connectivity index (χ3v) is 7.47. The number of nitro benzene ring substituents is 2. The van der Waals surface area contributed by atoms with E-state index < -0.39 is 9.85 Å². The molecule has 2 aromatic rings. The van der Waals surface area contributed by atoms with Crippen molar-refractivity contribution in [3.05, 3.63) is 79.9 Å². The second-order valence-corrected chi connectivity index (χ2v) is 10.4. The zero-order chi connectivity index (χ0) is 25.7. The Balaban J connectivity index is 1.37. The Labute approximate surface area is 215 Å². The zero-order valence-corrected chi connectivity index (χ0v) is 21.0. The average Bonchev–Trinajstić information content (AvgIpc) is 2.86. The molecule has 0 unspecified atom stereocenters. The molecule has 1 saturated heterocycles. The minimum absolute atomic E-state index is 0.0346. The number of guanidine groups is 1. The summed E-state index contributed by atoms with van der Waals surface area (Å²) < 4.78 is 0. The van der Waals surface area contributed by atoms with Gasteiger partial charge < -0.3 is 10.2 Å². The number of nitrogens with one attached hydrogen (secondary N) is 2. The first-order chi connectivity index (χ1) is 17.3. The smallest absolute Gasteiger partial charge is 0.269 e. The van der Waals surface area contributed by atoms with Gasteiger partial charge in [0.15, 0.2) is 5.96 Å². The van der Waals surface area contributed by atoms with E-state index in [1.165, 1.54) is 24.3 Å². The molecule has 2 aromatic carbocycles. The highest BCUT2D eigenvalue weighted by Gasteiger charge is 2.33. The van der Waals surface area contributed by atoms with Gasteiger partial charge in [-0.25, -0.2) is 0 Å². The van der Waals surface area contributed by atoms with Crippen molar-refractivity contribution >= 4 is 30.0 Å². The Morgan fingerprint density at radius 2 is 1.47 bits per heavy atom. The molecule has 1 heterocycles. The molecule has 1 aliphatic carbocycles. The number of likely N-dealkylation sites (tertiary alicyclic amines) is 1. The molecule has 10 nitrogen and oxygen atoms in total. The van der Waals surface area contributed by atoms with Crippen LogP contribution >= 0.6 is 12.6 Å². The first-order valence-corrected chi connectivity index (χ1v) is 12.8. The predicted octanol–water partition coefficient (Wildman–Crippen LogP) is 4.20. The number of hydrogen-bond donors (Lipinski definition) is 3. The van der Waals surface area contributed by atoms with Gasteiger partial charge in [-0.1, -0.05) is 24.3 Å². The summed E-state index contributed by atoms with van der Waals surface area (Å²) in [6.07, 6.45) is 4.51. The van der Waals surface area contributed by atoms with Crippen molar-refractivity contribution in [2.45, 2.75) is 50.1 Å². The number of nitrogens with zero attached hydrogens (tertiary/aromatic N) is 4. The van der Waals surface area contributed by atoms with Gasteiger partial charge in [0.25, 0.3) is 11.4 Å². The summed E-state index contributed by atoms with van der Waals surface area (Å²) >= 11 is 4.53. The molecule has 0 spiro atoms. The third-order valence-electron chi connectivity index (χ3n) is 7.15. The van der Waals surface area contributed by atoms with Crippen LogP contribution in [0.4, 0.5) is 11.4 Å². The Kier molecular flexibility index (Phi) is 8.42. The van der Waals surface area contributed by atoms with Gasteiger partial charge in [-0.2, -0.15) is 12.6 Å². The Morgan fingerprint density at radius 1 is 0.944 bits per heavy atom. The number of benzene rings is 2. The average molecular weight is 513 g/mol. The van der Waals surface area contributed by atoms with E-state index >= 15 is 0 Å². The summed E-state index contributed by atoms with van der Waals surface area (Å²) in [5, 5.41) is 34.3. The van der Waals surface area contributed by atoms with E-state index in [9.17, 15) is 20.2 Å². The van der Waals surface area contributed by atoms with Gasteiger partial charge in [0, 0.05) is 68.3 Å². The van der Waals surface area contributed by atoms with E-state index in [1.54, 1.807) is 24.3 Å². The molecule has 0 atom stereocenters. The first kappa shape index (κ1) is 25.9. The number of thiol groups is 1. The maximum absolute atomic E-state index is 11.0. The Hall–Kier alpha value is -3.18. The van der Waals surface area contributed by atoms with Crippen molar-refractivity contribution < 1.29 is 9.85 Å². The van der Waals surface area contributed by atoms with Crippen LogP contribution < -0.4 is 5.32 Å². The van der Waals surface area contributed by atoms with E-state index in [1.807, 2.05) is 4.90 Å². The molecule has 0 bridgehead atoms. The van der Waals surface area contributed by atoms with Crippen molar-refractivity contribution in [3.63, 3.8) is 0 Å². The molecule has 36 heavy (non-hydrogen) atoms. The molecule has 4 rings (SSSR count). The maximum Gasteiger partial charge on any atom is 0.269 e.